The topological polar surface area (TPSA) is 46.3 Å². The van der Waals surface area contributed by atoms with Gasteiger partial charge in [0.1, 0.15) is 0 Å². The molecule has 1 heterocycles. The second-order valence-electron chi connectivity index (χ2n) is 6.20. The summed E-state index contributed by atoms with van der Waals surface area (Å²) in [6, 6.07) is 0.685. The predicted molar refractivity (Wildman–Crippen MR) is 74.2 cm³/mol. The van der Waals surface area contributed by atoms with Gasteiger partial charge in [-0.3, -0.25) is 4.79 Å². The fraction of sp³-hybridized carbons (Fsp3) is 0.933. The van der Waals surface area contributed by atoms with Gasteiger partial charge in [-0.15, -0.1) is 0 Å². The Morgan fingerprint density at radius 2 is 1.83 bits per heavy atom. The van der Waals surface area contributed by atoms with Crippen molar-refractivity contribution < 1.29 is 4.79 Å². The summed E-state index contributed by atoms with van der Waals surface area (Å²) in [4.78, 5) is 14.6. The van der Waals surface area contributed by atoms with Crippen molar-refractivity contribution in [2.24, 2.45) is 11.7 Å². The second kappa shape index (κ2) is 6.55. The summed E-state index contributed by atoms with van der Waals surface area (Å²) < 4.78 is 0. The molecule has 18 heavy (non-hydrogen) atoms. The number of carbonyl (C=O) groups excluding carboxylic acids is 1. The van der Waals surface area contributed by atoms with Gasteiger partial charge in [-0.1, -0.05) is 25.7 Å². The Kier molecular flexibility index (Phi) is 5.04. The van der Waals surface area contributed by atoms with Crippen molar-refractivity contribution in [3.8, 4) is 0 Å². The van der Waals surface area contributed by atoms with Crippen LogP contribution in [0.4, 0.5) is 0 Å². The summed E-state index contributed by atoms with van der Waals surface area (Å²) >= 11 is 0. The van der Waals surface area contributed by atoms with Gasteiger partial charge < -0.3 is 10.6 Å². The maximum atomic E-state index is 12.4. The molecule has 3 heteroatoms. The molecule has 0 spiro atoms. The highest BCUT2D eigenvalue weighted by Crippen LogP contribution is 2.27. The van der Waals surface area contributed by atoms with Crippen molar-refractivity contribution >= 4 is 5.91 Å². The lowest BCUT2D eigenvalue weighted by molar-refractivity contribution is -0.134. The predicted octanol–water partition coefficient (Wildman–Crippen LogP) is 2.69. The molecule has 2 aliphatic rings. The van der Waals surface area contributed by atoms with Gasteiger partial charge in [0.25, 0.3) is 0 Å². The Morgan fingerprint density at radius 1 is 1.11 bits per heavy atom. The lowest BCUT2D eigenvalue weighted by atomic mass is 9.82. The molecule has 0 bridgehead atoms. The minimum absolute atomic E-state index is 0.255. The quantitative estimate of drug-likeness (QED) is 0.821. The molecular formula is C15H28N2O. The summed E-state index contributed by atoms with van der Waals surface area (Å²) in [6.07, 6.45) is 10.3. The van der Waals surface area contributed by atoms with Crippen LogP contribution in [0.1, 0.15) is 64.7 Å². The van der Waals surface area contributed by atoms with Crippen LogP contribution in [0.15, 0.2) is 0 Å². The number of hydrogen-bond acceptors (Lipinski definition) is 2. The van der Waals surface area contributed by atoms with Crippen molar-refractivity contribution in [1.29, 1.82) is 0 Å². The summed E-state index contributed by atoms with van der Waals surface area (Å²) in [5, 5.41) is 0. The monoisotopic (exact) mass is 252 g/mol. The van der Waals surface area contributed by atoms with Crippen LogP contribution in [0.5, 0.6) is 0 Å². The first-order valence-electron chi connectivity index (χ1n) is 7.73. The van der Waals surface area contributed by atoms with Crippen LogP contribution in [0.25, 0.3) is 0 Å². The highest BCUT2D eigenvalue weighted by atomic mass is 16.2. The third-order valence-corrected chi connectivity index (χ3v) is 4.78. The van der Waals surface area contributed by atoms with Crippen LogP contribution in [-0.2, 0) is 4.79 Å². The first kappa shape index (κ1) is 13.9. The Balaban J connectivity index is 1.89. The van der Waals surface area contributed by atoms with E-state index in [1.54, 1.807) is 0 Å². The molecule has 1 amide bonds. The standard InChI is InChI=1S/C15H28N2O/c1-12-7-3-2-6-10-17(12)15(18)11-13-8-4-5-9-14(13)16/h12-14H,2-11,16H2,1H3. The van der Waals surface area contributed by atoms with E-state index in [9.17, 15) is 4.79 Å². The average Bonchev–Trinajstić information content (AvgIpc) is 2.57. The largest absolute Gasteiger partial charge is 0.340 e. The van der Waals surface area contributed by atoms with Gasteiger partial charge in [0.05, 0.1) is 0 Å². The van der Waals surface area contributed by atoms with E-state index in [0.29, 0.717) is 24.3 Å². The molecule has 2 rings (SSSR count). The minimum Gasteiger partial charge on any atom is -0.340 e. The van der Waals surface area contributed by atoms with E-state index >= 15 is 0 Å². The third-order valence-electron chi connectivity index (χ3n) is 4.78. The number of carbonyl (C=O) groups is 1. The van der Waals surface area contributed by atoms with E-state index < -0.39 is 0 Å². The Labute approximate surface area is 111 Å². The zero-order valence-electron chi connectivity index (χ0n) is 11.7. The molecule has 104 valence electrons. The van der Waals surface area contributed by atoms with Gasteiger partial charge in [0.15, 0.2) is 0 Å². The smallest absolute Gasteiger partial charge is 0.223 e. The fourth-order valence-corrected chi connectivity index (χ4v) is 3.48. The van der Waals surface area contributed by atoms with Gasteiger partial charge in [-0.2, -0.15) is 0 Å². The zero-order chi connectivity index (χ0) is 13.0. The van der Waals surface area contributed by atoms with Gasteiger partial charge in [0.2, 0.25) is 5.91 Å². The summed E-state index contributed by atoms with van der Waals surface area (Å²) in [5.74, 6) is 0.786. The number of rotatable bonds is 2. The van der Waals surface area contributed by atoms with E-state index in [-0.39, 0.29) is 6.04 Å². The van der Waals surface area contributed by atoms with Crippen LogP contribution in [0.2, 0.25) is 0 Å². The zero-order valence-corrected chi connectivity index (χ0v) is 11.7. The van der Waals surface area contributed by atoms with Gasteiger partial charge in [-0.25, -0.2) is 0 Å². The van der Waals surface area contributed by atoms with E-state index in [2.05, 4.69) is 11.8 Å². The van der Waals surface area contributed by atoms with Gasteiger partial charge in [-0.05, 0) is 38.5 Å². The number of likely N-dealkylation sites (tertiary alicyclic amines) is 1. The minimum atomic E-state index is 0.255. The van der Waals surface area contributed by atoms with E-state index in [1.165, 1.54) is 38.5 Å². The second-order valence-corrected chi connectivity index (χ2v) is 6.20. The SMILES string of the molecule is CC1CCCCCN1C(=O)CC1CCCCC1N. The maximum absolute atomic E-state index is 12.4. The normalized spacial score (nSPS) is 34.1. The molecule has 0 aromatic rings. The Bertz CT molecular complexity index is 280. The average molecular weight is 252 g/mol. The molecule has 1 saturated heterocycles. The first-order chi connectivity index (χ1) is 8.68. The summed E-state index contributed by atoms with van der Waals surface area (Å²) in [7, 11) is 0. The summed E-state index contributed by atoms with van der Waals surface area (Å²) in [5.41, 5.74) is 6.15. The molecule has 1 aliphatic carbocycles. The van der Waals surface area contributed by atoms with E-state index in [1.807, 2.05) is 0 Å². The molecule has 3 nitrogen and oxygen atoms in total. The molecule has 1 aliphatic heterocycles. The summed E-state index contributed by atoms with van der Waals surface area (Å²) in [6.45, 7) is 3.16. The van der Waals surface area contributed by atoms with Crippen LogP contribution in [-0.4, -0.2) is 29.4 Å². The Morgan fingerprint density at radius 3 is 2.61 bits per heavy atom. The van der Waals surface area contributed by atoms with Crippen LogP contribution >= 0.6 is 0 Å². The van der Waals surface area contributed by atoms with Crippen LogP contribution < -0.4 is 5.73 Å². The number of nitrogens with two attached hydrogens (primary N) is 1. The Hall–Kier alpha value is -0.570. The number of hydrogen-bond donors (Lipinski definition) is 1. The lowest BCUT2D eigenvalue weighted by Gasteiger charge is -2.32. The lowest BCUT2D eigenvalue weighted by Crippen LogP contribution is -2.42. The molecule has 3 unspecified atom stereocenters. The molecule has 3 atom stereocenters. The number of amides is 1. The van der Waals surface area contributed by atoms with Crippen molar-refractivity contribution in [1.82, 2.24) is 4.90 Å². The van der Waals surface area contributed by atoms with E-state index in [4.69, 9.17) is 5.73 Å². The third kappa shape index (κ3) is 3.47. The maximum Gasteiger partial charge on any atom is 0.223 e. The van der Waals surface area contributed by atoms with Crippen LogP contribution in [0, 0.1) is 5.92 Å². The van der Waals surface area contributed by atoms with Gasteiger partial charge in [0, 0.05) is 25.0 Å². The highest BCUT2D eigenvalue weighted by Gasteiger charge is 2.28. The molecular weight excluding hydrogens is 224 g/mol. The molecule has 0 aromatic heterocycles. The van der Waals surface area contributed by atoms with E-state index in [0.717, 1.165) is 19.4 Å². The molecule has 2 N–H and O–H groups in total. The van der Waals surface area contributed by atoms with Crippen molar-refractivity contribution in [3.63, 3.8) is 0 Å². The fourth-order valence-electron chi connectivity index (χ4n) is 3.48. The van der Waals surface area contributed by atoms with Crippen LogP contribution in [0.3, 0.4) is 0 Å². The highest BCUT2D eigenvalue weighted by molar-refractivity contribution is 5.76. The first-order valence-corrected chi connectivity index (χ1v) is 7.73. The molecule has 2 fully saturated rings. The number of nitrogens with zero attached hydrogens (tertiary/aromatic N) is 1. The molecule has 1 saturated carbocycles. The molecule has 0 aromatic carbocycles. The van der Waals surface area contributed by atoms with Gasteiger partial charge >= 0.3 is 0 Å². The van der Waals surface area contributed by atoms with Crippen molar-refractivity contribution in [3.05, 3.63) is 0 Å². The van der Waals surface area contributed by atoms with Crippen molar-refractivity contribution in [2.75, 3.05) is 6.54 Å². The molecule has 0 radical (unpaired) electrons. The van der Waals surface area contributed by atoms with Crippen molar-refractivity contribution in [2.45, 2.75) is 76.8 Å².